The van der Waals surface area contributed by atoms with Gasteiger partial charge in [0.2, 0.25) is 0 Å². The largest absolute Gasteiger partial charge is 0.508 e. The summed E-state index contributed by atoms with van der Waals surface area (Å²) in [6.07, 6.45) is 4.14. The summed E-state index contributed by atoms with van der Waals surface area (Å²) in [6, 6.07) is 3.62. The van der Waals surface area contributed by atoms with Crippen molar-refractivity contribution >= 4 is 24.1 Å². The first-order chi connectivity index (χ1) is 18.1. The van der Waals surface area contributed by atoms with E-state index in [0.717, 1.165) is 32.1 Å². The average Bonchev–Trinajstić information content (AvgIpc) is 2.86. The first kappa shape index (κ1) is 31.1. The lowest BCUT2D eigenvalue weighted by Crippen LogP contribution is -2.39. The number of esters is 3. The second-order valence-electron chi connectivity index (χ2n) is 9.63. The molecule has 2 rings (SSSR count). The Hall–Kier alpha value is -3.14. The van der Waals surface area contributed by atoms with Crippen LogP contribution < -0.4 is 15.2 Å². The van der Waals surface area contributed by atoms with Crippen molar-refractivity contribution in [2.24, 2.45) is 5.73 Å². The number of rotatable bonds is 13. The second-order valence-corrected chi connectivity index (χ2v) is 9.63. The smallest absolute Gasteiger partial charge is 0.458 e. The van der Waals surface area contributed by atoms with E-state index in [4.69, 9.17) is 29.4 Å². The summed E-state index contributed by atoms with van der Waals surface area (Å²) in [5, 5.41) is 0. The van der Waals surface area contributed by atoms with Crippen molar-refractivity contribution in [2.75, 3.05) is 0 Å². The molecule has 1 fully saturated rings. The molecule has 10 heteroatoms. The van der Waals surface area contributed by atoms with Crippen molar-refractivity contribution in [3.63, 3.8) is 0 Å². The van der Waals surface area contributed by atoms with Gasteiger partial charge in [0.1, 0.15) is 24.4 Å². The first-order valence-electron chi connectivity index (χ1n) is 13.5. The van der Waals surface area contributed by atoms with E-state index < -0.39 is 42.3 Å². The zero-order valence-electron chi connectivity index (χ0n) is 22.9. The second kappa shape index (κ2) is 16.0. The first-order valence-corrected chi connectivity index (χ1v) is 13.5. The standard InChI is InChI=1S/C28H41NO9/c1-5-10-25(30)37-23-15-14-20(17-24(23)38-26(31)11-6-2)16-22(29)27(32)34-18(3)19(4)35-28(33)36-21-12-8-7-9-13-21/h14-15,17-19,21-22H,5-13,16,29H2,1-4H3/t18-,19-,22-/m0/s1. The Morgan fingerprint density at radius 2 is 1.45 bits per heavy atom. The minimum Gasteiger partial charge on any atom is -0.458 e. The van der Waals surface area contributed by atoms with Gasteiger partial charge in [0, 0.05) is 12.8 Å². The monoisotopic (exact) mass is 535 g/mol. The van der Waals surface area contributed by atoms with Gasteiger partial charge in [0.25, 0.3) is 0 Å². The number of benzene rings is 1. The summed E-state index contributed by atoms with van der Waals surface area (Å²) < 4.78 is 26.8. The molecule has 1 aliphatic carbocycles. The van der Waals surface area contributed by atoms with Gasteiger partial charge in [-0.05, 0) is 76.5 Å². The van der Waals surface area contributed by atoms with Crippen LogP contribution in [-0.2, 0) is 35.0 Å². The van der Waals surface area contributed by atoms with Crippen molar-refractivity contribution in [3.8, 4) is 11.5 Å². The van der Waals surface area contributed by atoms with Crippen molar-refractivity contribution in [2.45, 2.75) is 116 Å². The maximum Gasteiger partial charge on any atom is 0.508 e. The number of nitrogens with two attached hydrogens (primary N) is 1. The normalized spacial score (nSPS) is 16.0. The third-order valence-electron chi connectivity index (χ3n) is 6.18. The van der Waals surface area contributed by atoms with Gasteiger partial charge in [-0.2, -0.15) is 0 Å². The summed E-state index contributed by atoms with van der Waals surface area (Å²) in [6.45, 7) is 6.91. The van der Waals surface area contributed by atoms with E-state index in [2.05, 4.69) is 0 Å². The van der Waals surface area contributed by atoms with Crippen LogP contribution in [0.5, 0.6) is 11.5 Å². The third-order valence-corrected chi connectivity index (χ3v) is 6.18. The minimum absolute atomic E-state index is 0.0754. The molecule has 0 bridgehead atoms. The SMILES string of the molecule is CCCC(=O)Oc1ccc(C[C@H](N)C(=O)O[C@@H](C)[C@H](C)OC(=O)OC2CCCCC2)cc1OC(=O)CCC. The van der Waals surface area contributed by atoms with E-state index in [-0.39, 0.29) is 36.9 Å². The number of hydrogen-bond donors (Lipinski definition) is 1. The quantitative estimate of drug-likeness (QED) is 0.277. The minimum atomic E-state index is -1.04. The Morgan fingerprint density at radius 3 is 2.05 bits per heavy atom. The molecular formula is C28H41NO9. The summed E-state index contributed by atoms with van der Waals surface area (Å²) in [7, 11) is 0. The van der Waals surface area contributed by atoms with Crippen LogP contribution in [0.15, 0.2) is 18.2 Å². The molecule has 0 aliphatic heterocycles. The van der Waals surface area contributed by atoms with Crippen molar-refractivity contribution in [3.05, 3.63) is 23.8 Å². The summed E-state index contributed by atoms with van der Waals surface area (Å²) in [5.74, 6) is -1.39. The molecular weight excluding hydrogens is 494 g/mol. The lowest BCUT2D eigenvalue weighted by molar-refractivity contribution is -0.156. The summed E-state index contributed by atoms with van der Waals surface area (Å²) >= 11 is 0. The highest BCUT2D eigenvalue weighted by Crippen LogP contribution is 2.30. The Labute approximate surface area is 224 Å². The van der Waals surface area contributed by atoms with Gasteiger partial charge in [0.15, 0.2) is 11.5 Å². The average molecular weight is 536 g/mol. The molecule has 0 aromatic heterocycles. The van der Waals surface area contributed by atoms with Crippen LogP contribution in [0.1, 0.15) is 91.0 Å². The molecule has 3 atom stereocenters. The van der Waals surface area contributed by atoms with Gasteiger partial charge >= 0.3 is 24.1 Å². The van der Waals surface area contributed by atoms with E-state index in [1.807, 2.05) is 13.8 Å². The molecule has 0 saturated heterocycles. The molecule has 2 N–H and O–H groups in total. The zero-order chi connectivity index (χ0) is 28.1. The lowest BCUT2D eigenvalue weighted by atomic mass is 9.98. The predicted molar refractivity (Wildman–Crippen MR) is 139 cm³/mol. The highest BCUT2D eigenvalue weighted by molar-refractivity contribution is 5.77. The van der Waals surface area contributed by atoms with Gasteiger partial charge in [-0.25, -0.2) is 4.79 Å². The fourth-order valence-corrected chi connectivity index (χ4v) is 3.90. The van der Waals surface area contributed by atoms with Gasteiger partial charge in [-0.3, -0.25) is 14.4 Å². The topological polar surface area (TPSA) is 140 Å². The molecule has 10 nitrogen and oxygen atoms in total. The van der Waals surface area contributed by atoms with Crippen molar-refractivity contribution < 1.29 is 42.9 Å². The van der Waals surface area contributed by atoms with Crippen LogP contribution in [0.3, 0.4) is 0 Å². The van der Waals surface area contributed by atoms with Crippen LogP contribution in [0.25, 0.3) is 0 Å². The molecule has 0 amide bonds. The molecule has 0 radical (unpaired) electrons. The molecule has 0 spiro atoms. The van der Waals surface area contributed by atoms with Gasteiger partial charge in [-0.1, -0.05) is 26.3 Å². The fraction of sp³-hybridized carbons (Fsp3) is 0.643. The van der Waals surface area contributed by atoms with Crippen molar-refractivity contribution in [1.82, 2.24) is 0 Å². The van der Waals surface area contributed by atoms with Crippen LogP contribution in [-0.4, -0.2) is 48.4 Å². The highest BCUT2D eigenvalue weighted by atomic mass is 16.7. The van der Waals surface area contributed by atoms with Gasteiger partial charge in [0.05, 0.1) is 0 Å². The van der Waals surface area contributed by atoms with Crippen LogP contribution in [0, 0.1) is 0 Å². The molecule has 38 heavy (non-hydrogen) atoms. The fourth-order valence-electron chi connectivity index (χ4n) is 3.90. The summed E-state index contributed by atoms with van der Waals surface area (Å²) in [4.78, 5) is 48.8. The van der Waals surface area contributed by atoms with E-state index in [9.17, 15) is 19.2 Å². The molecule has 1 aliphatic rings. The van der Waals surface area contributed by atoms with Crippen molar-refractivity contribution in [1.29, 1.82) is 0 Å². The maximum absolute atomic E-state index is 12.6. The molecule has 1 saturated carbocycles. The van der Waals surface area contributed by atoms with E-state index in [1.165, 1.54) is 12.1 Å². The summed E-state index contributed by atoms with van der Waals surface area (Å²) in [5.41, 5.74) is 6.66. The molecule has 1 aromatic rings. The Kier molecular flexibility index (Phi) is 13.1. The number of carbonyl (C=O) groups excluding carboxylic acids is 4. The number of hydrogen-bond acceptors (Lipinski definition) is 10. The zero-order valence-corrected chi connectivity index (χ0v) is 22.9. The van der Waals surface area contributed by atoms with Gasteiger partial charge in [-0.15, -0.1) is 0 Å². The Bertz CT molecular complexity index is 942. The molecule has 0 heterocycles. The lowest BCUT2D eigenvalue weighted by Gasteiger charge is -2.25. The Morgan fingerprint density at radius 1 is 0.868 bits per heavy atom. The van der Waals surface area contributed by atoms with E-state index >= 15 is 0 Å². The predicted octanol–water partition coefficient (Wildman–Crippen LogP) is 4.77. The molecule has 0 unspecified atom stereocenters. The molecule has 1 aromatic carbocycles. The van der Waals surface area contributed by atoms with E-state index in [0.29, 0.717) is 18.4 Å². The highest BCUT2D eigenvalue weighted by Gasteiger charge is 2.27. The van der Waals surface area contributed by atoms with E-state index in [1.54, 1.807) is 19.9 Å². The Balaban J connectivity index is 1.95. The third kappa shape index (κ3) is 10.7. The molecule has 212 valence electrons. The maximum atomic E-state index is 12.6. The van der Waals surface area contributed by atoms with Gasteiger partial charge < -0.3 is 29.4 Å². The number of ether oxygens (including phenoxy) is 5. The van der Waals surface area contributed by atoms with Crippen LogP contribution in [0.2, 0.25) is 0 Å². The number of carbonyl (C=O) groups is 4. The van der Waals surface area contributed by atoms with Crippen LogP contribution >= 0.6 is 0 Å². The van der Waals surface area contributed by atoms with Crippen LogP contribution in [0.4, 0.5) is 4.79 Å².